The van der Waals surface area contributed by atoms with Crippen LogP contribution >= 0.6 is 0 Å². The van der Waals surface area contributed by atoms with Crippen molar-refractivity contribution in [1.29, 1.82) is 0 Å². The average Bonchev–Trinajstić information content (AvgIpc) is 2.15. The predicted molar refractivity (Wildman–Crippen MR) is 51.9 cm³/mol. The number of carbonyl (C=O) groups excluding carboxylic acids is 1. The Bertz CT molecular complexity index is 227. The first-order valence-corrected chi connectivity index (χ1v) is 5.19. The van der Waals surface area contributed by atoms with Gasteiger partial charge in [0.2, 0.25) is 5.91 Å². The maximum atomic E-state index is 11.5. The monoisotopic (exact) mass is 199 g/mol. The minimum atomic E-state index is -0.867. The van der Waals surface area contributed by atoms with E-state index in [1.54, 1.807) is 0 Å². The highest BCUT2D eigenvalue weighted by molar-refractivity contribution is 5.84. The second kappa shape index (κ2) is 4.98. The van der Waals surface area contributed by atoms with Crippen molar-refractivity contribution in [3.63, 3.8) is 0 Å². The molecule has 0 radical (unpaired) electrons. The molecule has 1 saturated heterocycles. The first-order chi connectivity index (χ1) is 6.66. The molecule has 0 aromatic rings. The third kappa shape index (κ3) is 2.47. The summed E-state index contributed by atoms with van der Waals surface area (Å²) in [6, 6.07) is -0.581. The minimum Gasteiger partial charge on any atom is -0.480 e. The lowest BCUT2D eigenvalue weighted by Crippen LogP contribution is -2.48. The molecule has 1 fully saturated rings. The molecule has 4 nitrogen and oxygen atoms in total. The molecule has 1 aliphatic heterocycles. The second-order valence-corrected chi connectivity index (χ2v) is 3.69. The number of amides is 1. The minimum absolute atomic E-state index is 0.00269. The molecule has 0 aromatic heterocycles. The molecule has 1 aliphatic rings. The highest BCUT2D eigenvalue weighted by atomic mass is 16.4. The Balaban J connectivity index is 2.61. The van der Waals surface area contributed by atoms with Gasteiger partial charge in [0, 0.05) is 13.0 Å². The van der Waals surface area contributed by atoms with Gasteiger partial charge >= 0.3 is 5.97 Å². The van der Waals surface area contributed by atoms with Gasteiger partial charge in [-0.3, -0.25) is 4.79 Å². The van der Waals surface area contributed by atoms with Gasteiger partial charge in [0.25, 0.3) is 0 Å². The number of carbonyl (C=O) groups is 2. The van der Waals surface area contributed by atoms with E-state index in [1.165, 1.54) is 4.90 Å². The summed E-state index contributed by atoms with van der Waals surface area (Å²) in [5.41, 5.74) is 0. The zero-order valence-corrected chi connectivity index (χ0v) is 8.53. The van der Waals surface area contributed by atoms with Gasteiger partial charge in [-0.15, -0.1) is 0 Å². The van der Waals surface area contributed by atoms with E-state index in [0.717, 1.165) is 12.8 Å². The molecule has 1 heterocycles. The number of hydrogen-bond acceptors (Lipinski definition) is 2. The van der Waals surface area contributed by atoms with E-state index in [1.807, 2.05) is 6.92 Å². The number of carboxylic acids is 1. The van der Waals surface area contributed by atoms with Crippen LogP contribution in [0.25, 0.3) is 0 Å². The van der Waals surface area contributed by atoms with E-state index in [0.29, 0.717) is 25.8 Å². The smallest absolute Gasteiger partial charge is 0.326 e. The van der Waals surface area contributed by atoms with Crippen molar-refractivity contribution in [1.82, 2.24) is 4.90 Å². The third-order valence-electron chi connectivity index (χ3n) is 2.60. The van der Waals surface area contributed by atoms with E-state index in [4.69, 9.17) is 5.11 Å². The van der Waals surface area contributed by atoms with Crippen LogP contribution in [-0.2, 0) is 9.59 Å². The van der Waals surface area contributed by atoms with Crippen molar-refractivity contribution in [3.8, 4) is 0 Å². The first kappa shape index (κ1) is 11.0. The fourth-order valence-electron chi connectivity index (χ4n) is 1.79. The Hall–Kier alpha value is -1.06. The van der Waals surface area contributed by atoms with Crippen LogP contribution in [0.5, 0.6) is 0 Å². The molecule has 14 heavy (non-hydrogen) atoms. The van der Waals surface area contributed by atoms with Crippen LogP contribution in [0.15, 0.2) is 0 Å². The Morgan fingerprint density at radius 3 is 2.93 bits per heavy atom. The molecule has 0 aliphatic carbocycles. The van der Waals surface area contributed by atoms with Gasteiger partial charge in [-0.1, -0.05) is 13.3 Å². The number of likely N-dealkylation sites (tertiary alicyclic amines) is 1. The summed E-state index contributed by atoms with van der Waals surface area (Å²) < 4.78 is 0. The molecule has 1 N–H and O–H groups in total. The number of rotatable bonds is 4. The number of nitrogens with zero attached hydrogens (tertiary/aromatic N) is 1. The molecule has 4 heteroatoms. The van der Waals surface area contributed by atoms with Crippen LogP contribution in [0.1, 0.15) is 39.0 Å². The molecular weight excluding hydrogens is 182 g/mol. The van der Waals surface area contributed by atoms with Gasteiger partial charge in [-0.2, -0.15) is 0 Å². The first-order valence-electron chi connectivity index (χ1n) is 5.19. The van der Waals surface area contributed by atoms with Gasteiger partial charge in [-0.25, -0.2) is 4.79 Å². The number of aliphatic carboxylic acids is 1. The molecular formula is C10H17NO3. The van der Waals surface area contributed by atoms with Gasteiger partial charge in [0.15, 0.2) is 0 Å². The van der Waals surface area contributed by atoms with Crippen molar-refractivity contribution in [2.75, 3.05) is 6.54 Å². The fourth-order valence-corrected chi connectivity index (χ4v) is 1.79. The Labute approximate surface area is 83.9 Å². The zero-order chi connectivity index (χ0) is 10.6. The van der Waals surface area contributed by atoms with Crippen LogP contribution in [0, 0.1) is 0 Å². The maximum Gasteiger partial charge on any atom is 0.326 e. The summed E-state index contributed by atoms with van der Waals surface area (Å²) >= 11 is 0. The van der Waals surface area contributed by atoms with Gasteiger partial charge < -0.3 is 10.0 Å². The summed E-state index contributed by atoms with van der Waals surface area (Å²) in [7, 11) is 0. The SMILES string of the molecule is CCCCN1C(=O)CCCC1C(=O)O. The fraction of sp³-hybridized carbons (Fsp3) is 0.800. The van der Waals surface area contributed by atoms with Crippen LogP contribution in [0.2, 0.25) is 0 Å². The average molecular weight is 199 g/mol. The lowest BCUT2D eigenvalue weighted by atomic mass is 10.0. The highest BCUT2D eigenvalue weighted by Crippen LogP contribution is 2.18. The van der Waals surface area contributed by atoms with Crippen molar-refractivity contribution < 1.29 is 14.7 Å². The van der Waals surface area contributed by atoms with E-state index in [9.17, 15) is 9.59 Å². The van der Waals surface area contributed by atoms with Gasteiger partial charge in [-0.05, 0) is 19.3 Å². The van der Waals surface area contributed by atoms with Crippen molar-refractivity contribution in [2.45, 2.75) is 45.1 Å². The van der Waals surface area contributed by atoms with Crippen molar-refractivity contribution >= 4 is 11.9 Å². The van der Waals surface area contributed by atoms with Crippen LogP contribution in [-0.4, -0.2) is 34.5 Å². The summed E-state index contributed by atoms with van der Waals surface area (Å²) in [5, 5.41) is 8.93. The van der Waals surface area contributed by atoms with E-state index < -0.39 is 12.0 Å². The molecule has 1 rings (SSSR count). The number of unbranched alkanes of at least 4 members (excludes halogenated alkanes) is 1. The molecule has 0 aromatic carbocycles. The molecule has 0 saturated carbocycles. The second-order valence-electron chi connectivity index (χ2n) is 3.69. The topological polar surface area (TPSA) is 57.6 Å². The van der Waals surface area contributed by atoms with E-state index in [2.05, 4.69) is 0 Å². The number of piperidine rings is 1. The number of hydrogen-bond donors (Lipinski definition) is 1. The Morgan fingerprint density at radius 1 is 1.64 bits per heavy atom. The third-order valence-corrected chi connectivity index (χ3v) is 2.60. The summed E-state index contributed by atoms with van der Waals surface area (Å²) in [5.74, 6) is -0.869. The normalized spacial score (nSPS) is 22.5. The van der Waals surface area contributed by atoms with Crippen LogP contribution in [0.3, 0.4) is 0 Å². The zero-order valence-electron chi connectivity index (χ0n) is 8.53. The predicted octanol–water partition coefficient (Wildman–Crippen LogP) is 1.25. The molecule has 80 valence electrons. The van der Waals surface area contributed by atoms with Crippen molar-refractivity contribution in [2.24, 2.45) is 0 Å². The molecule has 0 spiro atoms. The van der Waals surface area contributed by atoms with E-state index >= 15 is 0 Å². The highest BCUT2D eigenvalue weighted by Gasteiger charge is 2.32. The van der Waals surface area contributed by atoms with Gasteiger partial charge in [0.05, 0.1) is 0 Å². The molecule has 0 bridgehead atoms. The molecule has 1 unspecified atom stereocenters. The van der Waals surface area contributed by atoms with Gasteiger partial charge in [0.1, 0.15) is 6.04 Å². The van der Waals surface area contributed by atoms with E-state index in [-0.39, 0.29) is 5.91 Å². The lowest BCUT2D eigenvalue weighted by Gasteiger charge is -2.32. The molecule has 1 amide bonds. The summed E-state index contributed by atoms with van der Waals surface area (Å²) in [4.78, 5) is 23.9. The Morgan fingerprint density at radius 2 is 2.36 bits per heavy atom. The summed E-state index contributed by atoms with van der Waals surface area (Å²) in [6.07, 6.45) is 3.68. The van der Waals surface area contributed by atoms with Crippen LogP contribution < -0.4 is 0 Å². The standard InChI is InChI=1S/C10H17NO3/c1-2-3-7-11-8(10(13)14)5-4-6-9(11)12/h8H,2-7H2,1H3,(H,13,14). The van der Waals surface area contributed by atoms with Crippen LogP contribution in [0.4, 0.5) is 0 Å². The molecule has 1 atom stereocenters. The number of carboxylic acid groups (broad SMARTS) is 1. The maximum absolute atomic E-state index is 11.5. The Kier molecular flexibility index (Phi) is 3.92. The largest absolute Gasteiger partial charge is 0.480 e. The quantitative estimate of drug-likeness (QED) is 0.741. The van der Waals surface area contributed by atoms with Crippen molar-refractivity contribution in [3.05, 3.63) is 0 Å². The summed E-state index contributed by atoms with van der Waals surface area (Å²) in [6.45, 7) is 2.62. The lowest BCUT2D eigenvalue weighted by molar-refractivity contribution is -0.153.